The number of imidazole rings is 1. The van der Waals surface area contributed by atoms with Crippen molar-refractivity contribution in [2.45, 2.75) is 19.4 Å². The molecule has 11 heteroatoms. The maximum Gasteiger partial charge on any atom is 0.527 e. The van der Waals surface area contributed by atoms with Gasteiger partial charge in [0.2, 0.25) is 0 Å². The first-order valence-corrected chi connectivity index (χ1v) is 10.6. The lowest BCUT2D eigenvalue weighted by Crippen LogP contribution is -2.42. The van der Waals surface area contributed by atoms with Crippen LogP contribution in [0, 0.1) is 18.8 Å². The van der Waals surface area contributed by atoms with E-state index in [1.54, 1.807) is 30.6 Å². The monoisotopic (exact) mass is 419 g/mol. The number of rotatable bonds is 7. The SMILES string of the molecule is Cc1ccc(OP(=O)(O)OC[C@H]2C[C@@H](n3cnc4c(N)ncnc43)[C@@H]2CO)cc1. The summed E-state index contributed by atoms with van der Waals surface area (Å²) in [5, 5.41) is 9.83. The molecule has 0 amide bonds. The summed E-state index contributed by atoms with van der Waals surface area (Å²) in [7, 11) is -4.26. The van der Waals surface area contributed by atoms with E-state index in [1.165, 1.54) is 6.33 Å². The fourth-order valence-corrected chi connectivity index (χ4v) is 4.44. The number of fused-ring (bicyclic) bond motifs is 1. The summed E-state index contributed by atoms with van der Waals surface area (Å²) in [6.45, 7) is 1.79. The largest absolute Gasteiger partial charge is 0.527 e. The highest BCUT2D eigenvalue weighted by atomic mass is 31.2. The third-order valence-corrected chi connectivity index (χ3v) is 6.21. The van der Waals surface area contributed by atoms with Crippen molar-refractivity contribution in [3.05, 3.63) is 42.5 Å². The van der Waals surface area contributed by atoms with Crippen LogP contribution in [0.2, 0.25) is 0 Å². The Morgan fingerprint density at radius 1 is 1.28 bits per heavy atom. The number of nitrogen functional groups attached to an aromatic ring is 1. The number of phosphoric acid groups is 1. The molecule has 29 heavy (non-hydrogen) atoms. The van der Waals surface area contributed by atoms with E-state index in [9.17, 15) is 14.6 Å². The van der Waals surface area contributed by atoms with Crippen molar-refractivity contribution in [1.29, 1.82) is 0 Å². The molecule has 1 fully saturated rings. The molecule has 1 aliphatic rings. The van der Waals surface area contributed by atoms with E-state index in [-0.39, 0.29) is 36.8 Å². The fourth-order valence-electron chi connectivity index (χ4n) is 3.62. The normalized spacial score (nSPS) is 23.5. The van der Waals surface area contributed by atoms with Gasteiger partial charge in [0.05, 0.1) is 12.9 Å². The van der Waals surface area contributed by atoms with Gasteiger partial charge < -0.3 is 19.9 Å². The molecule has 0 radical (unpaired) electrons. The molecule has 4 N–H and O–H groups in total. The highest BCUT2D eigenvalue weighted by molar-refractivity contribution is 7.47. The number of phosphoric ester groups is 1. The van der Waals surface area contributed by atoms with Crippen molar-refractivity contribution < 1.29 is 23.6 Å². The zero-order valence-corrected chi connectivity index (χ0v) is 16.6. The maximum absolute atomic E-state index is 12.2. The quantitative estimate of drug-likeness (QED) is 0.490. The Bertz CT molecular complexity index is 1060. The van der Waals surface area contributed by atoms with Gasteiger partial charge in [0.15, 0.2) is 11.5 Å². The molecule has 4 atom stereocenters. The van der Waals surface area contributed by atoms with Crippen LogP contribution in [0.5, 0.6) is 5.75 Å². The van der Waals surface area contributed by atoms with Crippen molar-refractivity contribution in [1.82, 2.24) is 19.5 Å². The van der Waals surface area contributed by atoms with Crippen LogP contribution in [-0.4, -0.2) is 42.7 Å². The standard InChI is InChI=1S/C18H22N5O5P/c1-11-2-4-13(5-3-11)28-29(25,26)27-8-12-6-15(14(12)7-24)23-10-22-16-17(19)20-9-21-18(16)23/h2-5,9-10,12,14-15,24H,6-8H2,1H3,(H,25,26)(H2,19,20,21)/t12-,14-,15-/m1/s1. The molecule has 1 saturated carbocycles. The van der Waals surface area contributed by atoms with Gasteiger partial charge in [-0.2, -0.15) is 0 Å². The second-order valence-electron chi connectivity index (χ2n) is 7.16. The number of aryl methyl sites for hydroxylation is 1. The number of benzene rings is 1. The van der Waals surface area contributed by atoms with Gasteiger partial charge in [0.25, 0.3) is 0 Å². The van der Waals surface area contributed by atoms with Gasteiger partial charge in [0, 0.05) is 18.6 Å². The lowest BCUT2D eigenvalue weighted by Gasteiger charge is -2.44. The summed E-state index contributed by atoms with van der Waals surface area (Å²) in [5.74, 6) is 0.267. The molecule has 1 aromatic carbocycles. The van der Waals surface area contributed by atoms with Crippen LogP contribution in [0.15, 0.2) is 36.9 Å². The molecule has 4 rings (SSSR count). The smallest absolute Gasteiger partial charge is 0.404 e. The minimum Gasteiger partial charge on any atom is -0.404 e. The number of hydrogen-bond donors (Lipinski definition) is 3. The van der Waals surface area contributed by atoms with Gasteiger partial charge in [-0.1, -0.05) is 17.7 Å². The van der Waals surface area contributed by atoms with Crippen LogP contribution in [-0.2, 0) is 9.09 Å². The Kier molecular flexibility index (Phi) is 5.26. The Labute approximate surface area is 167 Å². The average Bonchev–Trinajstić information content (AvgIpc) is 3.08. The predicted octanol–water partition coefficient (Wildman–Crippen LogP) is 2.08. The molecule has 0 spiro atoms. The van der Waals surface area contributed by atoms with Crippen molar-refractivity contribution in [3.8, 4) is 5.75 Å². The zero-order chi connectivity index (χ0) is 20.6. The first kappa shape index (κ1) is 19.8. The second kappa shape index (κ2) is 7.72. The third-order valence-electron chi connectivity index (χ3n) is 5.29. The Hall–Kier alpha value is -2.52. The Morgan fingerprint density at radius 2 is 2.03 bits per heavy atom. The number of aliphatic hydroxyl groups excluding tert-OH is 1. The first-order valence-electron chi connectivity index (χ1n) is 9.15. The molecule has 0 bridgehead atoms. The van der Waals surface area contributed by atoms with Gasteiger partial charge in [-0.15, -0.1) is 0 Å². The summed E-state index contributed by atoms with van der Waals surface area (Å²) in [6, 6.07) is 6.70. The van der Waals surface area contributed by atoms with E-state index in [4.69, 9.17) is 14.8 Å². The van der Waals surface area contributed by atoms with E-state index in [2.05, 4.69) is 15.0 Å². The molecular weight excluding hydrogens is 397 g/mol. The minimum atomic E-state index is -4.26. The first-order chi connectivity index (χ1) is 13.9. The molecule has 154 valence electrons. The highest BCUT2D eigenvalue weighted by Crippen LogP contribution is 2.49. The van der Waals surface area contributed by atoms with Crippen molar-refractivity contribution in [3.63, 3.8) is 0 Å². The lowest BCUT2D eigenvalue weighted by molar-refractivity contribution is -0.00488. The molecule has 2 heterocycles. The number of aromatic nitrogens is 4. The van der Waals surface area contributed by atoms with E-state index in [0.717, 1.165) is 5.56 Å². The van der Waals surface area contributed by atoms with Gasteiger partial charge >= 0.3 is 7.82 Å². The molecular formula is C18H22N5O5P. The summed E-state index contributed by atoms with van der Waals surface area (Å²) in [5.41, 5.74) is 7.94. The van der Waals surface area contributed by atoms with E-state index in [0.29, 0.717) is 23.4 Å². The van der Waals surface area contributed by atoms with Crippen molar-refractivity contribution in [2.75, 3.05) is 18.9 Å². The summed E-state index contributed by atoms with van der Waals surface area (Å²) in [6.07, 6.45) is 3.62. The van der Waals surface area contributed by atoms with Gasteiger partial charge in [-0.25, -0.2) is 19.5 Å². The molecule has 0 aliphatic heterocycles. The number of hydrogen-bond acceptors (Lipinski definition) is 8. The van der Waals surface area contributed by atoms with Gasteiger partial charge in [-0.05, 0) is 31.4 Å². The topological polar surface area (TPSA) is 146 Å². The van der Waals surface area contributed by atoms with Crippen LogP contribution in [0.25, 0.3) is 11.2 Å². The average molecular weight is 419 g/mol. The Balaban J connectivity index is 1.40. The van der Waals surface area contributed by atoms with Crippen LogP contribution < -0.4 is 10.3 Å². The second-order valence-corrected chi connectivity index (χ2v) is 8.54. The predicted molar refractivity (Wildman–Crippen MR) is 105 cm³/mol. The van der Waals surface area contributed by atoms with E-state index < -0.39 is 7.82 Å². The van der Waals surface area contributed by atoms with Crippen LogP contribution >= 0.6 is 7.82 Å². The van der Waals surface area contributed by atoms with E-state index >= 15 is 0 Å². The molecule has 2 aromatic heterocycles. The lowest BCUT2D eigenvalue weighted by atomic mass is 9.70. The fraction of sp³-hybridized carbons (Fsp3) is 0.389. The molecule has 0 saturated heterocycles. The number of nitrogens with two attached hydrogens (primary N) is 1. The highest BCUT2D eigenvalue weighted by Gasteiger charge is 2.43. The minimum absolute atomic E-state index is 0.00881. The zero-order valence-electron chi connectivity index (χ0n) is 15.8. The van der Waals surface area contributed by atoms with Crippen LogP contribution in [0.3, 0.4) is 0 Å². The Morgan fingerprint density at radius 3 is 2.76 bits per heavy atom. The number of nitrogens with zero attached hydrogens (tertiary/aromatic N) is 4. The van der Waals surface area contributed by atoms with Crippen LogP contribution in [0.1, 0.15) is 18.0 Å². The molecule has 10 nitrogen and oxygen atoms in total. The summed E-state index contributed by atoms with van der Waals surface area (Å²) in [4.78, 5) is 22.4. The van der Waals surface area contributed by atoms with Crippen LogP contribution in [0.4, 0.5) is 5.82 Å². The van der Waals surface area contributed by atoms with Gasteiger partial charge in [-0.3, -0.25) is 9.42 Å². The van der Waals surface area contributed by atoms with E-state index in [1.807, 2.05) is 11.5 Å². The summed E-state index contributed by atoms with van der Waals surface area (Å²) >= 11 is 0. The van der Waals surface area contributed by atoms with Crippen molar-refractivity contribution >= 4 is 24.8 Å². The van der Waals surface area contributed by atoms with Gasteiger partial charge in [0.1, 0.15) is 17.6 Å². The van der Waals surface area contributed by atoms with Crippen molar-refractivity contribution in [2.24, 2.45) is 11.8 Å². The molecule has 3 aromatic rings. The molecule has 1 unspecified atom stereocenters. The summed E-state index contributed by atoms with van der Waals surface area (Å²) < 4.78 is 24.4. The molecule has 1 aliphatic carbocycles. The third kappa shape index (κ3) is 3.97. The maximum atomic E-state index is 12.2. The number of anilines is 1. The number of aliphatic hydroxyl groups is 1.